The lowest BCUT2D eigenvalue weighted by Crippen LogP contribution is -2.45. The smallest absolute Gasteiger partial charge is 0.321 e. The fraction of sp³-hybridized carbons (Fsp3) is 0.529. The van der Waals surface area contributed by atoms with Crippen LogP contribution in [0.15, 0.2) is 12.1 Å². The number of hydrogen-bond donors (Lipinski definition) is 2. The van der Waals surface area contributed by atoms with Gasteiger partial charge in [0.15, 0.2) is 0 Å². The lowest BCUT2D eigenvalue weighted by molar-refractivity contribution is -0.123. The molecule has 124 valence electrons. The molecule has 2 aliphatic rings. The maximum Gasteiger partial charge on any atom is 0.321 e. The molecule has 1 fully saturated rings. The third kappa shape index (κ3) is 3.11. The summed E-state index contributed by atoms with van der Waals surface area (Å²) in [6.45, 7) is 1.03. The van der Waals surface area contributed by atoms with Crippen molar-refractivity contribution in [3.63, 3.8) is 0 Å². The van der Waals surface area contributed by atoms with E-state index in [9.17, 15) is 9.59 Å². The average Bonchev–Trinajstić information content (AvgIpc) is 3.04. The minimum absolute atomic E-state index is 0.186. The van der Waals surface area contributed by atoms with Crippen molar-refractivity contribution in [2.45, 2.75) is 32.1 Å². The second-order valence-electron chi connectivity index (χ2n) is 6.25. The van der Waals surface area contributed by atoms with E-state index in [2.05, 4.69) is 11.4 Å². The molecule has 0 aromatic heterocycles. The highest BCUT2D eigenvalue weighted by Gasteiger charge is 2.28. The van der Waals surface area contributed by atoms with E-state index in [0.29, 0.717) is 18.8 Å². The van der Waals surface area contributed by atoms with Crippen molar-refractivity contribution >= 4 is 17.6 Å². The molecule has 0 radical (unpaired) electrons. The van der Waals surface area contributed by atoms with Gasteiger partial charge in [-0.2, -0.15) is 0 Å². The average molecular weight is 317 g/mol. The van der Waals surface area contributed by atoms with Gasteiger partial charge in [-0.15, -0.1) is 0 Å². The highest BCUT2D eigenvalue weighted by Crippen LogP contribution is 2.36. The molecule has 1 heterocycles. The molecule has 1 saturated heterocycles. The van der Waals surface area contributed by atoms with Crippen molar-refractivity contribution in [3.05, 3.63) is 23.3 Å². The number of methoxy groups -OCH3 is 1. The van der Waals surface area contributed by atoms with Crippen LogP contribution in [0.2, 0.25) is 0 Å². The van der Waals surface area contributed by atoms with Gasteiger partial charge in [0, 0.05) is 13.1 Å². The summed E-state index contributed by atoms with van der Waals surface area (Å²) in [5.74, 6) is 0.0982. The Morgan fingerprint density at radius 1 is 1.30 bits per heavy atom. The van der Waals surface area contributed by atoms with Crippen LogP contribution in [-0.4, -0.2) is 37.0 Å². The molecule has 0 unspecified atom stereocenters. The summed E-state index contributed by atoms with van der Waals surface area (Å²) < 4.78 is 5.41. The molecular weight excluding hydrogens is 294 g/mol. The monoisotopic (exact) mass is 317 g/mol. The Hall–Kier alpha value is -2.24. The van der Waals surface area contributed by atoms with E-state index in [-0.39, 0.29) is 17.9 Å². The van der Waals surface area contributed by atoms with Gasteiger partial charge in [-0.3, -0.25) is 4.79 Å². The van der Waals surface area contributed by atoms with Gasteiger partial charge in [0.2, 0.25) is 5.91 Å². The molecule has 1 aromatic rings. The SMILES string of the molecule is COc1ccc2c(c1NC(=O)N1CCC[C@H](C(N)=O)C1)CCC2. The lowest BCUT2D eigenvalue weighted by atomic mass is 9.98. The number of carbonyl (C=O) groups excluding carboxylic acids is 2. The molecule has 1 aliphatic heterocycles. The standard InChI is InChI=1S/C17H23N3O3/c1-23-14-8-7-11-4-2-6-13(11)15(14)19-17(22)20-9-3-5-12(10-20)16(18)21/h7-8,12H,2-6,9-10H2,1H3,(H2,18,21)(H,19,22)/t12-/m0/s1. The minimum atomic E-state index is -0.333. The zero-order chi connectivity index (χ0) is 16.4. The molecule has 1 aliphatic carbocycles. The van der Waals surface area contributed by atoms with Gasteiger partial charge in [0.05, 0.1) is 18.7 Å². The molecule has 6 nitrogen and oxygen atoms in total. The Kier molecular flexibility index (Phi) is 4.41. The summed E-state index contributed by atoms with van der Waals surface area (Å²) >= 11 is 0. The van der Waals surface area contributed by atoms with Gasteiger partial charge in [-0.1, -0.05) is 6.07 Å². The molecule has 6 heteroatoms. The summed E-state index contributed by atoms with van der Waals surface area (Å²) in [5.41, 5.74) is 8.60. The van der Waals surface area contributed by atoms with Crippen molar-refractivity contribution in [1.82, 2.24) is 4.90 Å². The molecule has 3 N–H and O–H groups in total. The third-order valence-corrected chi connectivity index (χ3v) is 4.81. The number of piperidine rings is 1. The van der Waals surface area contributed by atoms with Gasteiger partial charge >= 0.3 is 6.03 Å². The van der Waals surface area contributed by atoms with Crippen LogP contribution in [-0.2, 0) is 17.6 Å². The molecule has 3 rings (SSSR count). The molecule has 0 spiro atoms. The number of nitrogens with two attached hydrogens (primary N) is 1. The van der Waals surface area contributed by atoms with Crippen molar-refractivity contribution in [3.8, 4) is 5.75 Å². The van der Waals surface area contributed by atoms with Crippen LogP contribution in [0.1, 0.15) is 30.4 Å². The van der Waals surface area contributed by atoms with Crippen molar-refractivity contribution in [2.24, 2.45) is 11.7 Å². The fourth-order valence-electron chi connectivity index (χ4n) is 3.53. The number of anilines is 1. The molecule has 0 saturated carbocycles. The van der Waals surface area contributed by atoms with Crippen LogP contribution in [0.25, 0.3) is 0 Å². The Morgan fingerprint density at radius 2 is 2.13 bits per heavy atom. The highest BCUT2D eigenvalue weighted by atomic mass is 16.5. The normalized spacial score (nSPS) is 20.0. The van der Waals surface area contributed by atoms with E-state index in [4.69, 9.17) is 10.5 Å². The van der Waals surface area contributed by atoms with E-state index < -0.39 is 0 Å². The van der Waals surface area contributed by atoms with E-state index in [0.717, 1.165) is 37.8 Å². The van der Waals surface area contributed by atoms with Crippen LogP contribution in [0.4, 0.5) is 10.5 Å². The predicted octanol–water partition coefficient (Wildman–Crippen LogP) is 1.91. The van der Waals surface area contributed by atoms with E-state index in [1.54, 1.807) is 12.0 Å². The molecule has 1 atom stereocenters. The number of fused-ring (bicyclic) bond motifs is 1. The number of aryl methyl sites for hydroxylation is 1. The molecular formula is C17H23N3O3. The van der Waals surface area contributed by atoms with E-state index in [1.165, 1.54) is 11.1 Å². The quantitative estimate of drug-likeness (QED) is 0.893. The van der Waals surface area contributed by atoms with Gasteiger partial charge in [0.1, 0.15) is 5.75 Å². The predicted molar refractivity (Wildman–Crippen MR) is 87.5 cm³/mol. The Balaban J connectivity index is 1.78. The number of ether oxygens (including phenoxy) is 1. The van der Waals surface area contributed by atoms with E-state index >= 15 is 0 Å². The third-order valence-electron chi connectivity index (χ3n) is 4.81. The Labute approximate surface area is 136 Å². The Bertz CT molecular complexity index is 630. The summed E-state index contributed by atoms with van der Waals surface area (Å²) in [6.07, 6.45) is 4.63. The van der Waals surface area contributed by atoms with Crippen LogP contribution in [0, 0.1) is 5.92 Å². The number of likely N-dealkylation sites (tertiary alicyclic amines) is 1. The number of nitrogens with zero attached hydrogens (tertiary/aromatic N) is 1. The van der Waals surface area contributed by atoms with Gasteiger partial charge < -0.3 is 20.7 Å². The molecule has 0 bridgehead atoms. The maximum atomic E-state index is 12.6. The first-order valence-corrected chi connectivity index (χ1v) is 8.14. The summed E-state index contributed by atoms with van der Waals surface area (Å²) in [4.78, 5) is 25.7. The topological polar surface area (TPSA) is 84.7 Å². The number of rotatable bonds is 3. The van der Waals surface area contributed by atoms with Crippen molar-refractivity contribution < 1.29 is 14.3 Å². The fourth-order valence-corrected chi connectivity index (χ4v) is 3.53. The lowest BCUT2D eigenvalue weighted by Gasteiger charge is -2.31. The zero-order valence-corrected chi connectivity index (χ0v) is 13.4. The first-order valence-electron chi connectivity index (χ1n) is 8.14. The van der Waals surface area contributed by atoms with Crippen molar-refractivity contribution in [2.75, 3.05) is 25.5 Å². The number of benzene rings is 1. The van der Waals surface area contributed by atoms with Crippen LogP contribution < -0.4 is 15.8 Å². The van der Waals surface area contributed by atoms with Gasteiger partial charge in [-0.25, -0.2) is 4.79 Å². The molecule has 3 amide bonds. The Morgan fingerprint density at radius 3 is 2.87 bits per heavy atom. The largest absolute Gasteiger partial charge is 0.495 e. The summed E-state index contributed by atoms with van der Waals surface area (Å²) in [5, 5.41) is 3.00. The number of hydrogen-bond acceptors (Lipinski definition) is 3. The first-order chi connectivity index (χ1) is 11.1. The minimum Gasteiger partial charge on any atom is -0.495 e. The highest BCUT2D eigenvalue weighted by molar-refractivity contribution is 5.93. The summed E-state index contributed by atoms with van der Waals surface area (Å²) in [6, 6.07) is 3.79. The van der Waals surface area contributed by atoms with Crippen LogP contribution in [0.5, 0.6) is 5.75 Å². The molecule has 23 heavy (non-hydrogen) atoms. The number of carbonyl (C=O) groups is 2. The molecule has 1 aromatic carbocycles. The number of urea groups is 1. The second-order valence-corrected chi connectivity index (χ2v) is 6.25. The van der Waals surface area contributed by atoms with Crippen LogP contribution >= 0.6 is 0 Å². The zero-order valence-electron chi connectivity index (χ0n) is 13.4. The summed E-state index contributed by atoms with van der Waals surface area (Å²) in [7, 11) is 1.61. The van der Waals surface area contributed by atoms with Gasteiger partial charge in [-0.05, 0) is 49.3 Å². The van der Waals surface area contributed by atoms with E-state index in [1.807, 2.05) is 6.07 Å². The number of primary amides is 1. The van der Waals surface area contributed by atoms with Crippen LogP contribution in [0.3, 0.4) is 0 Å². The number of nitrogens with one attached hydrogen (secondary N) is 1. The van der Waals surface area contributed by atoms with Crippen molar-refractivity contribution in [1.29, 1.82) is 0 Å². The first kappa shape index (κ1) is 15.6. The second kappa shape index (κ2) is 6.48. The number of amides is 3. The maximum absolute atomic E-state index is 12.6. The van der Waals surface area contributed by atoms with Gasteiger partial charge in [0.25, 0.3) is 0 Å².